The molecule has 1 aliphatic rings. The topological polar surface area (TPSA) is 42.1 Å². The van der Waals surface area contributed by atoms with Crippen molar-refractivity contribution in [3.05, 3.63) is 16.6 Å². The zero-order valence-corrected chi connectivity index (χ0v) is 10.2. The van der Waals surface area contributed by atoms with Crippen LogP contribution in [0.1, 0.15) is 31.3 Å². The number of nitrogens with two attached hydrogens (primary N) is 1. The molecule has 1 fully saturated rings. The zero-order chi connectivity index (χ0) is 10.8. The van der Waals surface area contributed by atoms with Crippen molar-refractivity contribution in [3.63, 3.8) is 0 Å². The fourth-order valence-electron chi connectivity index (χ4n) is 2.36. The first-order chi connectivity index (χ1) is 7.16. The second kappa shape index (κ2) is 4.60. The molecule has 15 heavy (non-hydrogen) atoms. The van der Waals surface area contributed by atoms with Crippen LogP contribution in [0.3, 0.4) is 0 Å². The number of nitrogens with zero attached hydrogens (tertiary/aromatic N) is 2. The van der Waals surface area contributed by atoms with Gasteiger partial charge in [-0.2, -0.15) is 0 Å². The first-order valence-electron chi connectivity index (χ1n) is 5.56. The second-order valence-corrected chi connectivity index (χ2v) is 5.53. The molecule has 0 bridgehead atoms. The molecule has 3 unspecified atom stereocenters. The number of piperidine rings is 1. The summed E-state index contributed by atoms with van der Waals surface area (Å²) in [6.07, 6.45) is 3.03. The van der Waals surface area contributed by atoms with Crippen molar-refractivity contribution < 1.29 is 0 Å². The van der Waals surface area contributed by atoms with E-state index in [-0.39, 0.29) is 0 Å². The molecule has 0 aromatic carbocycles. The Balaban J connectivity index is 2.03. The van der Waals surface area contributed by atoms with E-state index in [2.05, 4.69) is 23.7 Å². The minimum absolute atomic E-state index is 0.330. The van der Waals surface area contributed by atoms with Crippen molar-refractivity contribution in [3.8, 4) is 0 Å². The van der Waals surface area contributed by atoms with E-state index in [0.717, 1.165) is 19.5 Å². The first kappa shape index (κ1) is 11.0. The summed E-state index contributed by atoms with van der Waals surface area (Å²) in [5.74, 6) is 0.705. The van der Waals surface area contributed by atoms with Crippen LogP contribution in [0.5, 0.6) is 0 Å². The van der Waals surface area contributed by atoms with E-state index in [1.165, 1.54) is 5.01 Å². The maximum Gasteiger partial charge on any atom is 0.109 e. The van der Waals surface area contributed by atoms with Gasteiger partial charge in [0.15, 0.2) is 0 Å². The van der Waals surface area contributed by atoms with Crippen LogP contribution in [-0.2, 0) is 0 Å². The summed E-state index contributed by atoms with van der Waals surface area (Å²) in [4.78, 5) is 6.83. The lowest BCUT2D eigenvalue weighted by Gasteiger charge is -2.37. The average Bonchev–Trinajstić information content (AvgIpc) is 2.67. The highest BCUT2D eigenvalue weighted by molar-refractivity contribution is 7.09. The lowest BCUT2D eigenvalue weighted by atomic mass is 9.95. The molecule has 0 radical (unpaired) electrons. The summed E-state index contributed by atoms with van der Waals surface area (Å²) >= 11 is 1.73. The van der Waals surface area contributed by atoms with E-state index in [9.17, 15) is 0 Å². The first-order valence-corrected chi connectivity index (χ1v) is 6.43. The van der Waals surface area contributed by atoms with Crippen molar-refractivity contribution in [1.82, 2.24) is 9.88 Å². The van der Waals surface area contributed by atoms with E-state index in [1.807, 2.05) is 11.6 Å². The zero-order valence-electron chi connectivity index (χ0n) is 9.39. The van der Waals surface area contributed by atoms with E-state index in [1.54, 1.807) is 11.3 Å². The monoisotopic (exact) mass is 225 g/mol. The molecule has 2 N–H and O–H groups in total. The van der Waals surface area contributed by atoms with E-state index in [4.69, 9.17) is 5.73 Å². The molecular formula is C11H19N3S. The molecule has 2 heterocycles. The Morgan fingerprint density at radius 1 is 1.60 bits per heavy atom. The summed E-state index contributed by atoms with van der Waals surface area (Å²) in [6, 6.07) is 0.745. The highest BCUT2D eigenvalue weighted by Gasteiger charge is 2.27. The molecule has 1 saturated heterocycles. The van der Waals surface area contributed by atoms with E-state index >= 15 is 0 Å². The van der Waals surface area contributed by atoms with Gasteiger partial charge >= 0.3 is 0 Å². The molecule has 0 spiro atoms. The highest BCUT2D eigenvalue weighted by Crippen LogP contribution is 2.26. The summed E-state index contributed by atoms with van der Waals surface area (Å²) in [5, 5.41) is 3.25. The third-order valence-electron chi connectivity index (χ3n) is 3.08. The van der Waals surface area contributed by atoms with Crippen molar-refractivity contribution in [2.24, 2.45) is 11.7 Å². The van der Waals surface area contributed by atoms with Crippen molar-refractivity contribution in [2.45, 2.75) is 32.4 Å². The lowest BCUT2D eigenvalue weighted by Crippen LogP contribution is -2.47. The van der Waals surface area contributed by atoms with Crippen LogP contribution in [0.25, 0.3) is 0 Å². The number of likely N-dealkylation sites (tertiary alicyclic amines) is 1. The molecule has 2 rings (SSSR count). The minimum atomic E-state index is 0.330. The number of aromatic nitrogens is 1. The van der Waals surface area contributed by atoms with Gasteiger partial charge in [-0.1, -0.05) is 6.92 Å². The van der Waals surface area contributed by atoms with Gasteiger partial charge in [-0.25, -0.2) is 4.98 Å². The molecular weight excluding hydrogens is 206 g/mol. The third kappa shape index (κ3) is 2.56. The number of hydrogen-bond donors (Lipinski definition) is 1. The smallest absolute Gasteiger partial charge is 0.109 e. The normalized spacial score (nSPS) is 30.3. The van der Waals surface area contributed by atoms with Gasteiger partial charge in [0.1, 0.15) is 5.01 Å². The quantitative estimate of drug-likeness (QED) is 0.835. The van der Waals surface area contributed by atoms with Crippen LogP contribution >= 0.6 is 11.3 Å². The average molecular weight is 225 g/mol. The molecule has 3 nitrogen and oxygen atoms in total. The van der Waals surface area contributed by atoms with Gasteiger partial charge in [-0.05, 0) is 19.3 Å². The molecule has 4 heteroatoms. The maximum absolute atomic E-state index is 6.05. The van der Waals surface area contributed by atoms with Crippen molar-refractivity contribution in [1.29, 1.82) is 0 Å². The number of thiazole rings is 1. The van der Waals surface area contributed by atoms with Gasteiger partial charge in [-0.3, -0.25) is 4.90 Å². The standard InChI is InChI=1S/C11H19N3S/c1-8-5-10(12)7-14(6-8)9(2)11-13-3-4-15-11/h3-4,8-10H,5-7,12H2,1-2H3. The van der Waals surface area contributed by atoms with E-state index < -0.39 is 0 Å². The fourth-order valence-corrected chi connectivity index (χ4v) is 3.08. The predicted molar refractivity (Wildman–Crippen MR) is 63.9 cm³/mol. The maximum atomic E-state index is 6.05. The van der Waals surface area contributed by atoms with Gasteiger partial charge in [-0.15, -0.1) is 11.3 Å². The molecule has 1 aromatic heterocycles. The molecule has 0 amide bonds. The molecule has 84 valence electrons. The summed E-state index contributed by atoms with van der Waals surface area (Å²) in [7, 11) is 0. The molecule has 0 saturated carbocycles. The Bertz CT molecular complexity index is 289. The molecule has 0 aliphatic carbocycles. The molecule has 1 aliphatic heterocycles. The van der Waals surface area contributed by atoms with Gasteiger partial charge in [0.25, 0.3) is 0 Å². The van der Waals surface area contributed by atoms with E-state index in [0.29, 0.717) is 18.0 Å². The molecule has 3 atom stereocenters. The Morgan fingerprint density at radius 3 is 3.00 bits per heavy atom. The van der Waals surface area contributed by atoms with Crippen LogP contribution < -0.4 is 5.73 Å². The minimum Gasteiger partial charge on any atom is -0.327 e. The largest absolute Gasteiger partial charge is 0.327 e. The Labute approximate surface area is 95.3 Å². The second-order valence-electron chi connectivity index (χ2n) is 4.60. The van der Waals surface area contributed by atoms with Crippen LogP contribution in [0.4, 0.5) is 0 Å². The Kier molecular flexibility index (Phi) is 3.38. The fraction of sp³-hybridized carbons (Fsp3) is 0.727. The van der Waals surface area contributed by atoms with Crippen molar-refractivity contribution in [2.75, 3.05) is 13.1 Å². The van der Waals surface area contributed by atoms with Crippen LogP contribution in [0.15, 0.2) is 11.6 Å². The van der Waals surface area contributed by atoms with Gasteiger partial charge < -0.3 is 5.73 Å². The third-order valence-corrected chi connectivity index (χ3v) is 4.02. The molecule has 1 aromatic rings. The Morgan fingerprint density at radius 2 is 2.40 bits per heavy atom. The number of rotatable bonds is 2. The van der Waals surface area contributed by atoms with Crippen LogP contribution in [-0.4, -0.2) is 29.0 Å². The summed E-state index contributed by atoms with van der Waals surface area (Å²) in [6.45, 7) is 6.66. The van der Waals surface area contributed by atoms with Crippen molar-refractivity contribution >= 4 is 11.3 Å². The highest BCUT2D eigenvalue weighted by atomic mass is 32.1. The Hall–Kier alpha value is -0.450. The predicted octanol–water partition coefficient (Wildman–Crippen LogP) is 1.87. The van der Waals surface area contributed by atoms with Gasteiger partial charge in [0, 0.05) is 30.7 Å². The van der Waals surface area contributed by atoms with Crippen LogP contribution in [0, 0.1) is 5.92 Å². The SMILES string of the molecule is CC1CC(N)CN(C(C)c2nccs2)C1. The number of hydrogen-bond acceptors (Lipinski definition) is 4. The van der Waals surface area contributed by atoms with Gasteiger partial charge in [0.05, 0.1) is 6.04 Å². The summed E-state index contributed by atoms with van der Waals surface area (Å²) < 4.78 is 0. The summed E-state index contributed by atoms with van der Waals surface area (Å²) in [5.41, 5.74) is 6.05. The van der Waals surface area contributed by atoms with Crippen LogP contribution in [0.2, 0.25) is 0 Å². The lowest BCUT2D eigenvalue weighted by molar-refractivity contribution is 0.124. The van der Waals surface area contributed by atoms with Gasteiger partial charge in [0.2, 0.25) is 0 Å².